The molecule has 1 aromatic carbocycles. The van der Waals surface area contributed by atoms with Gasteiger partial charge in [-0.05, 0) is 24.3 Å². The molecule has 4 rings (SSSR count). The zero-order valence-electron chi connectivity index (χ0n) is 17.1. The Balaban J connectivity index is 1.50. The maximum atomic E-state index is 12.7. The number of rotatable bonds is 5. The van der Waals surface area contributed by atoms with E-state index in [4.69, 9.17) is 0 Å². The lowest BCUT2D eigenvalue weighted by atomic mass is 10.1. The average Bonchev–Trinajstić information content (AvgIpc) is 3.27. The van der Waals surface area contributed by atoms with Crippen LogP contribution in [-0.4, -0.2) is 63.0 Å². The van der Waals surface area contributed by atoms with Crippen LogP contribution in [0.1, 0.15) is 17.3 Å². The molecular weight excluding hydrogens is 434 g/mol. The van der Waals surface area contributed by atoms with E-state index >= 15 is 0 Å². The SMILES string of the molecule is CC(=O)N1CCN(c2ccc(C(=O)Nc3nnc(-c4ccccn4)s3)cc2[N+](=O)[O-])CC1. The van der Waals surface area contributed by atoms with Crippen molar-refractivity contribution in [1.29, 1.82) is 0 Å². The molecule has 11 nitrogen and oxygen atoms in total. The van der Waals surface area contributed by atoms with E-state index in [0.29, 0.717) is 42.6 Å². The minimum Gasteiger partial charge on any atom is -0.362 e. The van der Waals surface area contributed by atoms with Crippen LogP contribution in [0.25, 0.3) is 10.7 Å². The van der Waals surface area contributed by atoms with Gasteiger partial charge in [-0.2, -0.15) is 0 Å². The molecule has 0 aliphatic carbocycles. The summed E-state index contributed by atoms with van der Waals surface area (Å²) in [5.41, 5.74) is 1.02. The number of nitro benzene ring substituents is 1. The van der Waals surface area contributed by atoms with E-state index in [1.165, 1.54) is 19.1 Å². The number of aromatic nitrogens is 3. The molecule has 1 aliphatic heterocycles. The summed E-state index contributed by atoms with van der Waals surface area (Å²) in [5.74, 6) is -0.543. The van der Waals surface area contributed by atoms with Gasteiger partial charge in [-0.1, -0.05) is 17.4 Å². The number of hydrogen-bond acceptors (Lipinski definition) is 9. The molecule has 2 aromatic heterocycles. The molecule has 0 spiro atoms. The predicted octanol–water partition coefficient (Wildman–Crippen LogP) is 2.43. The van der Waals surface area contributed by atoms with Crippen molar-refractivity contribution in [3.8, 4) is 10.7 Å². The maximum absolute atomic E-state index is 12.7. The molecule has 1 fully saturated rings. The van der Waals surface area contributed by atoms with Crippen molar-refractivity contribution in [2.75, 3.05) is 36.4 Å². The van der Waals surface area contributed by atoms with E-state index in [-0.39, 0.29) is 22.3 Å². The number of nitrogens with zero attached hydrogens (tertiary/aromatic N) is 6. The number of nitro groups is 1. The third-order valence-corrected chi connectivity index (χ3v) is 5.89. The number of benzene rings is 1. The Morgan fingerprint density at radius 1 is 1.12 bits per heavy atom. The van der Waals surface area contributed by atoms with Gasteiger partial charge in [-0.3, -0.25) is 30.0 Å². The zero-order chi connectivity index (χ0) is 22.7. The molecule has 2 amide bonds. The lowest BCUT2D eigenvalue weighted by Gasteiger charge is -2.35. The molecule has 3 heterocycles. The van der Waals surface area contributed by atoms with Gasteiger partial charge in [0.25, 0.3) is 11.6 Å². The van der Waals surface area contributed by atoms with Crippen LogP contribution in [0.2, 0.25) is 0 Å². The highest BCUT2D eigenvalue weighted by molar-refractivity contribution is 7.18. The molecule has 164 valence electrons. The van der Waals surface area contributed by atoms with Crippen LogP contribution in [0.5, 0.6) is 0 Å². The average molecular weight is 453 g/mol. The molecule has 0 bridgehead atoms. The van der Waals surface area contributed by atoms with Crippen molar-refractivity contribution in [3.05, 3.63) is 58.3 Å². The molecule has 0 radical (unpaired) electrons. The van der Waals surface area contributed by atoms with E-state index < -0.39 is 10.8 Å². The fraction of sp³-hybridized carbons (Fsp3) is 0.250. The fourth-order valence-electron chi connectivity index (χ4n) is 3.38. The van der Waals surface area contributed by atoms with Gasteiger partial charge in [0, 0.05) is 50.9 Å². The third-order valence-electron chi connectivity index (χ3n) is 5.03. The van der Waals surface area contributed by atoms with Gasteiger partial charge in [0.1, 0.15) is 11.4 Å². The van der Waals surface area contributed by atoms with Crippen LogP contribution in [0.3, 0.4) is 0 Å². The number of carbonyl (C=O) groups excluding carboxylic acids is 2. The molecule has 0 saturated carbocycles. The highest BCUT2D eigenvalue weighted by atomic mass is 32.1. The van der Waals surface area contributed by atoms with Crippen LogP contribution in [-0.2, 0) is 4.79 Å². The minimum atomic E-state index is -0.523. The van der Waals surface area contributed by atoms with Crippen LogP contribution in [0, 0.1) is 10.1 Å². The zero-order valence-corrected chi connectivity index (χ0v) is 17.9. The summed E-state index contributed by atoms with van der Waals surface area (Å²) in [6.45, 7) is 3.44. The van der Waals surface area contributed by atoms with Gasteiger partial charge in [0.2, 0.25) is 11.0 Å². The van der Waals surface area contributed by atoms with Gasteiger partial charge < -0.3 is 9.80 Å². The first kappa shape index (κ1) is 21.3. The second-order valence-electron chi connectivity index (χ2n) is 7.04. The second kappa shape index (κ2) is 9.06. The molecule has 0 unspecified atom stereocenters. The van der Waals surface area contributed by atoms with E-state index in [2.05, 4.69) is 20.5 Å². The highest BCUT2D eigenvalue weighted by Crippen LogP contribution is 2.31. The third kappa shape index (κ3) is 4.54. The number of pyridine rings is 1. The smallest absolute Gasteiger partial charge is 0.293 e. The Morgan fingerprint density at radius 3 is 2.56 bits per heavy atom. The van der Waals surface area contributed by atoms with E-state index in [9.17, 15) is 19.7 Å². The van der Waals surface area contributed by atoms with Crippen molar-refractivity contribution in [1.82, 2.24) is 20.1 Å². The van der Waals surface area contributed by atoms with Gasteiger partial charge >= 0.3 is 0 Å². The quantitative estimate of drug-likeness (QED) is 0.460. The first-order valence-electron chi connectivity index (χ1n) is 9.77. The number of piperazine rings is 1. The Bertz CT molecular complexity index is 1160. The van der Waals surface area contributed by atoms with Gasteiger partial charge in [0.15, 0.2) is 5.01 Å². The lowest BCUT2D eigenvalue weighted by molar-refractivity contribution is -0.384. The topological polar surface area (TPSA) is 134 Å². The van der Waals surface area contributed by atoms with Gasteiger partial charge in [-0.15, -0.1) is 10.2 Å². The first-order chi connectivity index (χ1) is 15.4. The maximum Gasteiger partial charge on any atom is 0.293 e. The van der Waals surface area contributed by atoms with Crippen molar-refractivity contribution in [2.24, 2.45) is 0 Å². The fourth-order valence-corrected chi connectivity index (χ4v) is 4.09. The molecule has 1 saturated heterocycles. The number of nitrogens with one attached hydrogen (secondary N) is 1. The Morgan fingerprint density at radius 2 is 1.91 bits per heavy atom. The van der Waals surface area contributed by atoms with Crippen LogP contribution in [0.15, 0.2) is 42.6 Å². The van der Waals surface area contributed by atoms with E-state index in [1.807, 2.05) is 11.0 Å². The molecule has 0 atom stereocenters. The summed E-state index contributed by atoms with van der Waals surface area (Å²) in [6.07, 6.45) is 1.63. The number of amides is 2. The number of carbonyl (C=O) groups is 2. The minimum absolute atomic E-state index is 0.0194. The Kier molecular flexibility index (Phi) is 6.03. The normalized spacial score (nSPS) is 13.7. The summed E-state index contributed by atoms with van der Waals surface area (Å²) in [6, 6.07) is 9.74. The van der Waals surface area contributed by atoms with Crippen molar-refractivity contribution >= 4 is 39.7 Å². The summed E-state index contributed by atoms with van der Waals surface area (Å²) < 4.78 is 0. The molecule has 1 N–H and O–H groups in total. The molecule has 12 heteroatoms. The van der Waals surface area contributed by atoms with Gasteiger partial charge in [0.05, 0.1) is 4.92 Å². The standard InChI is InChI=1S/C20H19N7O4S/c1-13(28)25-8-10-26(11-9-25)16-6-5-14(12-17(16)27(30)31)18(29)22-20-24-23-19(32-20)15-4-2-3-7-21-15/h2-7,12H,8-11H2,1H3,(H,22,24,29). The number of anilines is 2. The lowest BCUT2D eigenvalue weighted by Crippen LogP contribution is -2.48. The van der Waals surface area contributed by atoms with Gasteiger partial charge in [-0.25, -0.2) is 0 Å². The van der Waals surface area contributed by atoms with Crippen molar-refractivity contribution in [2.45, 2.75) is 6.92 Å². The molecule has 1 aliphatic rings. The molecular formula is C20H19N7O4S. The van der Waals surface area contributed by atoms with Crippen molar-refractivity contribution in [3.63, 3.8) is 0 Å². The van der Waals surface area contributed by atoms with E-state index in [0.717, 1.165) is 11.3 Å². The number of hydrogen-bond donors (Lipinski definition) is 1. The summed E-state index contributed by atoms with van der Waals surface area (Å²) in [7, 11) is 0. The summed E-state index contributed by atoms with van der Waals surface area (Å²) in [5, 5.41) is 23.1. The summed E-state index contributed by atoms with van der Waals surface area (Å²) in [4.78, 5) is 43.1. The second-order valence-corrected chi connectivity index (χ2v) is 8.01. The van der Waals surface area contributed by atoms with Crippen LogP contribution in [0.4, 0.5) is 16.5 Å². The van der Waals surface area contributed by atoms with Crippen molar-refractivity contribution < 1.29 is 14.5 Å². The van der Waals surface area contributed by atoms with Crippen LogP contribution >= 0.6 is 11.3 Å². The Hall–Kier alpha value is -3.93. The largest absolute Gasteiger partial charge is 0.362 e. The molecule has 3 aromatic rings. The highest BCUT2D eigenvalue weighted by Gasteiger charge is 2.26. The van der Waals surface area contributed by atoms with Crippen LogP contribution < -0.4 is 10.2 Å². The summed E-state index contributed by atoms with van der Waals surface area (Å²) >= 11 is 1.16. The predicted molar refractivity (Wildman–Crippen MR) is 119 cm³/mol. The first-order valence-corrected chi connectivity index (χ1v) is 10.6. The van der Waals surface area contributed by atoms with E-state index in [1.54, 1.807) is 29.3 Å². The molecule has 32 heavy (non-hydrogen) atoms. The monoisotopic (exact) mass is 453 g/mol. The Labute approximate surface area is 186 Å².